The second kappa shape index (κ2) is 8.97. The van der Waals surface area contributed by atoms with Crippen molar-refractivity contribution < 1.29 is 9.53 Å². The fourth-order valence-corrected chi connectivity index (χ4v) is 2.50. The molecule has 0 fully saturated rings. The summed E-state index contributed by atoms with van der Waals surface area (Å²) in [6, 6.07) is 11.7. The minimum absolute atomic E-state index is 0.323. The lowest BCUT2D eigenvalue weighted by Gasteiger charge is -2.11. The third kappa shape index (κ3) is 5.14. The van der Waals surface area contributed by atoms with Gasteiger partial charge in [0.15, 0.2) is 11.4 Å². The van der Waals surface area contributed by atoms with Crippen molar-refractivity contribution in [2.75, 3.05) is 18.7 Å². The number of methoxy groups -OCH3 is 1. The van der Waals surface area contributed by atoms with Crippen molar-refractivity contribution in [3.63, 3.8) is 0 Å². The minimum Gasteiger partial charge on any atom is -0.495 e. The van der Waals surface area contributed by atoms with E-state index in [2.05, 4.69) is 15.6 Å². The van der Waals surface area contributed by atoms with Gasteiger partial charge in [-0.2, -0.15) is 5.26 Å². The Kier molecular flexibility index (Phi) is 6.69. The first kappa shape index (κ1) is 18.6. The second-order valence-electron chi connectivity index (χ2n) is 4.71. The van der Waals surface area contributed by atoms with Crippen LogP contribution in [0.15, 0.2) is 47.5 Å². The summed E-state index contributed by atoms with van der Waals surface area (Å²) in [6.45, 7) is 0. The standard InChI is InChI=1S/C17H15ClN4O2S/c1-24-15-7-6-12(18)9-14(15)22-16(23)11-4-3-5-13(8-11)21-17(25-2)20-10-19/h3-9H,1-2H3,(H,20,21)(H,22,23). The van der Waals surface area contributed by atoms with Gasteiger partial charge in [0.25, 0.3) is 5.91 Å². The van der Waals surface area contributed by atoms with Gasteiger partial charge in [-0.1, -0.05) is 29.4 Å². The summed E-state index contributed by atoms with van der Waals surface area (Å²) in [5, 5.41) is 14.9. The van der Waals surface area contributed by atoms with E-state index in [-0.39, 0.29) is 5.91 Å². The average molecular weight is 375 g/mol. The SMILES string of the molecule is COc1ccc(Cl)cc1NC(=O)c1cccc(N=C(NC#N)SC)c1. The summed E-state index contributed by atoms with van der Waals surface area (Å²) in [6.07, 6.45) is 3.62. The van der Waals surface area contributed by atoms with Gasteiger partial charge < -0.3 is 10.1 Å². The van der Waals surface area contributed by atoms with Gasteiger partial charge in [-0.05, 0) is 42.7 Å². The Labute approximate surface area is 154 Å². The zero-order valence-corrected chi connectivity index (χ0v) is 15.1. The van der Waals surface area contributed by atoms with Gasteiger partial charge in [0.2, 0.25) is 0 Å². The third-order valence-electron chi connectivity index (χ3n) is 3.10. The first-order valence-electron chi connectivity index (χ1n) is 7.10. The number of halogens is 1. The molecule has 0 heterocycles. The van der Waals surface area contributed by atoms with E-state index in [0.29, 0.717) is 32.9 Å². The molecule has 1 amide bonds. The van der Waals surface area contributed by atoms with E-state index in [1.54, 1.807) is 48.7 Å². The lowest BCUT2D eigenvalue weighted by Crippen LogP contribution is -2.13. The smallest absolute Gasteiger partial charge is 0.255 e. The summed E-state index contributed by atoms with van der Waals surface area (Å²) in [5.41, 5.74) is 1.45. The molecule has 2 aromatic carbocycles. The van der Waals surface area contributed by atoms with Crippen LogP contribution in [0.4, 0.5) is 11.4 Å². The number of ether oxygens (including phenoxy) is 1. The van der Waals surface area contributed by atoms with Gasteiger partial charge in [-0.25, -0.2) is 4.99 Å². The summed E-state index contributed by atoms with van der Waals surface area (Å²) >= 11 is 7.27. The molecule has 0 aromatic heterocycles. The van der Waals surface area contributed by atoms with Crippen molar-refractivity contribution in [3.05, 3.63) is 53.1 Å². The van der Waals surface area contributed by atoms with E-state index < -0.39 is 0 Å². The van der Waals surface area contributed by atoms with Crippen LogP contribution in [0.2, 0.25) is 5.02 Å². The van der Waals surface area contributed by atoms with Crippen molar-refractivity contribution in [1.29, 1.82) is 5.26 Å². The van der Waals surface area contributed by atoms with Gasteiger partial charge in [0.1, 0.15) is 5.75 Å². The number of amides is 1. The van der Waals surface area contributed by atoms with Crippen LogP contribution in [0, 0.1) is 11.5 Å². The Morgan fingerprint density at radius 3 is 2.80 bits per heavy atom. The van der Waals surface area contributed by atoms with Crippen molar-refractivity contribution in [2.45, 2.75) is 0 Å². The van der Waals surface area contributed by atoms with Gasteiger partial charge in [0.05, 0.1) is 18.5 Å². The minimum atomic E-state index is -0.323. The number of hydrogen-bond donors (Lipinski definition) is 2. The maximum atomic E-state index is 12.5. The van der Waals surface area contributed by atoms with E-state index in [9.17, 15) is 4.79 Å². The number of thioether (sulfide) groups is 1. The average Bonchev–Trinajstić information content (AvgIpc) is 2.61. The molecule has 0 aliphatic heterocycles. The third-order valence-corrected chi connectivity index (χ3v) is 3.92. The molecule has 6 nitrogen and oxygen atoms in total. The monoisotopic (exact) mass is 374 g/mol. The van der Waals surface area contributed by atoms with Crippen LogP contribution in [-0.4, -0.2) is 24.4 Å². The van der Waals surface area contributed by atoms with E-state index in [4.69, 9.17) is 21.6 Å². The Bertz CT molecular complexity index is 849. The number of rotatable bonds is 4. The van der Waals surface area contributed by atoms with Crippen molar-refractivity contribution >= 4 is 45.8 Å². The van der Waals surface area contributed by atoms with Gasteiger partial charge in [0, 0.05) is 10.6 Å². The molecule has 0 bridgehead atoms. The molecule has 0 saturated heterocycles. The topological polar surface area (TPSA) is 86.5 Å². The summed E-state index contributed by atoms with van der Waals surface area (Å²) < 4.78 is 5.22. The molecule has 0 aliphatic carbocycles. The van der Waals surface area contributed by atoms with E-state index in [1.165, 1.54) is 18.9 Å². The number of amidine groups is 1. The highest BCUT2D eigenvalue weighted by atomic mass is 35.5. The van der Waals surface area contributed by atoms with Crippen LogP contribution in [0.3, 0.4) is 0 Å². The van der Waals surface area contributed by atoms with Crippen molar-refractivity contribution in [2.24, 2.45) is 4.99 Å². The van der Waals surface area contributed by atoms with Crippen molar-refractivity contribution in [1.82, 2.24) is 5.32 Å². The Morgan fingerprint density at radius 2 is 2.12 bits per heavy atom. The predicted molar refractivity (Wildman–Crippen MR) is 102 cm³/mol. The highest BCUT2D eigenvalue weighted by molar-refractivity contribution is 8.13. The van der Waals surface area contributed by atoms with Crippen LogP contribution >= 0.6 is 23.4 Å². The molecule has 0 spiro atoms. The first-order valence-corrected chi connectivity index (χ1v) is 8.70. The lowest BCUT2D eigenvalue weighted by atomic mass is 10.2. The lowest BCUT2D eigenvalue weighted by molar-refractivity contribution is 0.102. The van der Waals surface area contributed by atoms with Gasteiger partial charge >= 0.3 is 0 Å². The zero-order valence-electron chi connectivity index (χ0n) is 13.5. The number of anilines is 1. The molecule has 0 unspecified atom stereocenters. The van der Waals surface area contributed by atoms with E-state index in [0.717, 1.165) is 0 Å². The summed E-state index contributed by atoms with van der Waals surface area (Å²) in [4.78, 5) is 16.8. The number of nitriles is 1. The molecule has 2 rings (SSSR count). The fraction of sp³-hybridized carbons (Fsp3) is 0.118. The van der Waals surface area contributed by atoms with Crippen LogP contribution < -0.4 is 15.4 Å². The molecule has 0 radical (unpaired) electrons. The van der Waals surface area contributed by atoms with Crippen LogP contribution in [0.25, 0.3) is 0 Å². The Hall–Kier alpha value is -2.69. The number of hydrogen-bond acceptors (Lipinski definition) is 5. The molecule has 0 aliphatic rings. The normalized spacial score (nSPS) is 10.7. The van der Waals surface area contributed by atoms with Crippen LogP contribution in [0.1, 0.15) is 10.4 Å². The zero-order chi connectivity index (χ0) is 18.2. The molecule has 8 heteroatoms. The quantitative estimate of drug-likeness (QED) is 0.365. The maximum Gasteiger partial charge on any atom is 0.255 e. The van der Waals surface area contributed by atoms with Crippen molar-refractivity contribution in [3.8, 4) is 11.9 Å². The molecule has 2 N–H and O–H groups in total. The highest BCUT2D eigenvalue weighted by Gasteiger charge is 2.11. The van der Waals surface area contributed by atoms with Crippen LogP contribution in [0.5, 0.6) is 5.75 Å². The molecule has 25 heavy (non-hydrogen) atoms. The Morgan fingerprint density at radius 1 is 1.32 bits per heavy atom. The number of nitrogens with zero attached hydrogens (tertiary/aromatic N) is 2. The second-order valence-corrected chi connectivity index (χ2v) is 5.94. The summed E-state index contributed by atoms with van der Waals surface area (Å²) in [5.74, 6) is 0.186. The number of benzene rings is 2. The molecule has 128 valence electrons. The predicted octanol–water partition coefficient (Wildman–Crippen LogP) is 4.02. The molecular weight excluding hydrogens is 360 g/mol. The van der Waals surface area contributed by atoms with Gasteiger partial charge in [-0.15, -0.1) is 0 Å². The first-order chi connectivity index (χ1) is 12.1. The fourth-order valence-electron chi connectivity index (χ4n) is 1.98. The molecule has 0 saturated carbocycles. The number of carbonyl (C=O) groups excluding carboxylic acids is 1. The van der Waals surface area contributed by atoms with Gasteiger partial charge in [-0.3, -0.25) is 10.1 Å². The maximum absolute atomic E-state index is 12.5. The highest BCUT2D eigenvalue weighted by Crippen LogP contribution is 2.28. The molecular formula is C17H15ClN4O2S. The number of aliphatic imine (C=N–C) groups is 1. The molecule has 2 aromatic rings. The van der Waals surface area contributed by atoms with Crippen LogP contribution in [-0.2, 0) is 0 Å². The van der Waals surface area contributed by atoms with E-state index >= 15 is 0 Å². The Balaban J connectivity index is 2.25. The number of carbonyl (C=O) groups is 1. The largest absolute Gasteiger partial charge is 0.495 e. The number of nitrogens with one attached hydrogen (secondary N) is 2. The van der Waals surface area contributed by atoms with E-state index in [1.807, 2.05) is 6.19 Å². The molecule has 0 atom stereocenters. The summed E-state index contributed by atoms with van der Waals surface area (Å²) in [7, 11) is 1.51.